The molecule has 2 unspecified atom stereocenters. The van der Waals surface area contributed by atoms with Crippen molar-refractivity contribution in [2.75, 3.05) is 13.1 Å². The Balaban J connectivity index is 1.73. The SMILES string of the molecule is Cc1cc2c(cc(C(=O)N3CC(C)OC(C)C3)n2Cc2ccccc2)o1. The second-order valence-electron chi connectivity index (χ2n) is 7.18. The number of carbonyl (C=O) groups excluding carboxylic acids is 1. The van der Waals surface area contributed by atoms with Crippen molar-refractivity contribution in [1.29, 1.82) is 0 Å². The molecule has 1 saturated heterocycles. The molecule has 5 heteroatoms. The van der Waals surface area contributed by atoms with Crippen LogP contribution in [-0.4, -0.2) is 40.7 Å². The molecular formula is C21H24N2O3. The maximum Gasteiger partial charge on any atom is 0.270 e. The van der Waals surface area contributed by atoms with Gasteiger partial charge in [0.1, 0.15) is 11.5 Å². The molecule has 0 bridgehead atoms. The number of morpholine rings is 1. The highest BCUT2D eigenvalue weighted by Gasteiger charge is 2.29. The average molecular weight is 352 g/mol. The lowest BCUT2D eigenvalue weighted by Crippen LogP contribution is -2.48. The van der Waals surface area contributed by atoms with Gasteiger partial charge >= 0.3 is 0 Å². The number of benzene rings is 1. The van der Waals surface area contributed by atoms with Gasteiger partial charge < -0.3 is 18.6 Å². The number of amides is 1. The highest BCUT2D eigenvalue weighted by atomic mass is 16.5. The van der Waals surface area contributed by atoms with E-state index < -0.39 is 0 Å². The Morgan fingerprint density at radius 3 is 2.50 bits per heavy atom. The summed E-state index contributed by atoms with van der Waals surface area (Å²) in [7, 11) is 0. The van der Waals surface area contributed by atoms with Gasteiger partial charge in [-0.25, -0.2) is 0 Å². The quantitative estimate of drug-likeness (QED) is 0.719. The van der Waals surface area contributed by atoms with Gasteiger partial charge in [-0.1, -0.05) is 30.3 Å². The van der Waals surface area contributed by atoms with E-state index in [2.05, 4.69) is 16.7 Å². The maximum absolute atomic E-state index is 13.3. The number of ether oxygens (including phenoxy) is 1. The minimum atomic E-state index is 0.0342. The van der Waals surface area contributed by atoms with Gasteiger partial charge in [0, 0.05) is 31.8 Å². The third-order valence-electron chi connectivity index (χ3n) is 4.82. The van der Waals surface area contributed by atoms with Gasteiger partial charge in [0.2, 0.25) is 0 Å². The highest BCUT2D eigenvalue weighted by Crippen LogP contribution is 2.26. The fraction of sp³-hybridized carbons (Fsp3) is 0.381. The van der Waals surface area contributed by atoms with Crippen molar-refractivity contribution >= 4 is 17.0 Å². The van der Waals surface area contributed by atoms with Crippen molar-refractivity contribution in [2.24, 2.45) is 0 Å². The lowest BCUT2D eigenvalue weighted by atomic mass is 10.2. The van der Waals surface area contributed by atoms with E-state index in [-0.39, 0.29) is 18.1 Å². The number of furan rings is 1. The second kappa shape index (κ2) is 6.65. The lowest BCUT2D eigenvalue weighted by Gasteiger charge is -2.35. The van der Waals surface area contributed by atoms with Gasteiger partial charge in [0.25, 0.3) is 5.91 Å². The first-order valence-electron chi connectivity index (χ1n) is 9.09. The first-order valence-corrected chi connectivity index (χ1v) is 9.09. The summed E-state index contributed by atoms with van der Waals surface area (Å²) >= 11 is 0. The third kappa shape index (κ3) is 3.15. The standard InChI is InChI=1S/C21H24N2O3/c1-14-9-18-20(26-14)10-19(23(18)13-17-7-5-4-6-8-17)21(24)22-11-15(2)25-16(3)12-22/h4-10,15-16H,11-13H2,1-3H3. The zero-order valence-electron chi connectivity index (χ0n) is 15.4. The largest absolute Gasteiger partial charge is 0.460 e. The van der Waals surface area contributed by atoms with E-state index in [1.165, 1.54) is 0 Å². The van der Waals surface area contributed by atoms with Crippen LogP contribution in [0.15, 0.2) is 46.9 Å². The van der Waals surface area contributed by atoms with Gasteiger partial charge in [-0.3, -0.25) is 4.79 Å². The Hall–Kier alpha value is -2.53. The summed E-state index contributed by atoms with van der Waals surface area (Å²) in [6, 6.07) is 14.1. The zero-order chi connectivity index (χ0) is 18.3. The lowest BCUT2D eigenvalue weighted by molar-refractivity contribution is -0.0588. The van der Waals surface area contributed by atoms with Crippen LogP contribution in [0.4, 0.5) is 0 Å². The molecule has 1 aromatic carbocycles. The fourth-order valence-corrected chi connectivity index (χ4v) is 3.78. The summed E-state index contributed by atoms with van der Waals surface area (Å²) in [5.41, 5.74) is 3.55. The number of fused-ring (bicyclic) bond motifs is 1. The van der Waals surface area contributed by atoms with Crippen LogP contribution in [0.2, 0.25) is 0 Å². The number of hydrogen-bond acceptors (Lipinski definition) is 3. The molecule has 3 heterocycles. The molecule has 0 aliphatic carbocycles. The van der Waals surface area contributed by atoms with Crippen LogP contribution in [0, 0.1) is 6.92 Å². The van der Waals surface area contributed by atoms with Crippen molar-refractivity contribution in [3.63, 3.8) is 0 Å². The molecular weight excluding hydrogens is 328 g/mol. The monoisotopic (exact) mass is 352 g/mol. The third-order valence-corrected chi connectivity index (χ3v) is 4.82. The molecule has 1 aliphatic rings. The topological polar surface area (TPSA) is 47.6 Å². The van der Waals surface area contributed by atoms with Crippen molar-refractivity contribution in [3.8, 4) is 0 Å². The number of nitrogens with zero attached hydrogens (tertiary/aromatic N) is 2. The summed E-state index contributed by atoms with van der Waals surface area (Å²) in [5, 5.41) is 0. The normalized spacial score (nSPS) is 20.7. The Morgan fingerprint density at radius 2 is 1.81 bits per heavy atom. The van der Waals surface area contributed by atoms with Crippen LogP contribution >= 0.6 is 0 Å². The predicted molar refractivity (Wildman–Crippen MR) is 100 cm³/mol. The molecule has 1 fully saturated rings. The van der Waals surface area contributed by atoms with Gasteiger partial charge in [0.05, 0.1) is 17.7 Å². The van der Waals surface area contributed by atoms with Crippen molar-refractivity contribution in [1.82, 2.24) is 9.47 Å². The molecule has 2 aromatic heterocycles. The number of aryl methyl sites for hydroxylation is 1. The molecule has 0 saturated carbocycles. The van der Waals surface area contributed by atoms with Crippen molar-refractivity contribution in [3.05, 3.63) is 59.5 Å². The zero-order valence-corrected chi connectivity index (χ0v) is 15.4. The molecule has 136 valence electrons. The molecule has 5 nitrogen and oxygen atoms in total. The number of hydrogen-bond donors (Lipinski definition) is 0. The minimum absolute atomic E-state index is 0.0342. The summed E-state index contributed by atoms with van der Waals surface area (Å²) in [5.74, 6) is 0.886. The van der Waals surface area contributed by atoms with E-state index in [1.54, 1.807) is 0 Å². The Kier molecular flexibility index (Phi) is 4.32. The number of rotatable bonds is 3. The smallest absolute Gasteiger partial charge is 0.270 e. The molecule has 0 spiro atoms. The molecule has 0 N–H and O–H groups in total. The van der Waals surface area contributed by atoms with Crippen LogP contribution in [0.3, 0.4) is 0 Å². The van der Waals surface area contributed by atoms with E-state index in [1.807, 2.05) is 56.0 Å². The number of carbonyl (C=O) groups is 1. The second-order valence-corrected chi connectivity index (χ2v) is 7.18. The van der Waals surface area contributed by atoms with Crippen LogP contribution in [-0.2, 0) is 11.3 Å². The first-order chi connectivity index (χ1) is 12.5. The first kappa shape index (κ1) is 16.9. The van der Waals surface area contributed by atoms with E-state index >= 15 is 0 Å². The molecule has 26 heavy (non-hydrogen) atoms. The number of aromatic nitrogens is 1. The van der Waals surface area contributed by atoms with Crippen molar-refractivity contribution in [2.45, 2.75) is 39.5 Å². The van der Waals surface area contributed by atoms with Crippen molar-refractivity contribution < 1.29 is 13.9 Å². The van der Waals surface area contributed by atoms with Gasteiger partial charge in [-0.15, -0.1) is 0 Å². The summed E-state index contributed by atoms with van der Waals surface area (Å²) in [6.07, 6.45) is 0.0935. The summed E-state index contributed by atoms with van der Waals surface area (Å²) < 4.78 is 13.6. The van der Waals surface area contributed by atoms with Crippen LogP contribution in [0.5, 0.6) is 0 Å². The Morgan fingerprint density at radius 1 is 1.12 bits per heavy atom. The predicted octanol–water partition coefficient (Wildman–Crippen LogP) is 3.84. The Labute approximate surface area is 153 Å². The molecule has 2 atom stereocenters. The van der Waals surface area contributed by atoms with E-state index in [0.717, 1.165) is 22.4 Å². The van der Waals surface area contributed by atoms with E-state index in [9.17, 15) is 4.79 Å². The Bertz CT molecular complexity index is 916. The van der Waals surface area contributed by atoms with Crippen LogP contribution < -0.4 is 0 Å². The molecule has 3 aromatic rings. The molecule has 1 aliphatic heterocycles. The molecule has 4 rings (SSSR count). The maximum atomic E-state index is 13.3. The minimum Gasteiger partial charge on any atom is -0.460 e. The van der Waals surface area contributed by atoms with Crippen LogP contribution in [0.1, 0.15) is 35.7 Å². The van der Waals surface area contributed by atoms with Crippen LogP contribution in [0.25, 0.3) is 11.1 Å². The average Bonchev–Trinajstić information content (AvgIpc) is 3.11. The van der Waals surface area contributed by atoms with Gasteiger partial charge in [-0.05, 0) is 26.3 Å². The summed E-state index contributed by atoms with van der Waals surface area (Å²) in [4.78, 5) is 15.2. The van der Waals surface area contributed by atoms with Gasteiger partial charge in [-0.2, -0.15) is 0 Å². The summed E-state index contributed by atoms with van der Waals surface area (Å²) in [6.45, 7) is 7.81. The fourth-order valence-electron chi connectivity index (χ4n) is 3.78. The molecule has 1 amide bonds. The molecule has 0 radical (unpaired) electrons. The highest BCUT2D eigenvalue weighted by molar-refractivity contribution is 5.97. The van der Waals surface area contributed by atoms with Gasteiger partial charge in [0.15, 0.2) is 5.58 Å². The van der Waals surface area contributed by atoms with E-state index in [0.29, 0.717) is 25.3 Å². The van der Waals surface area contributed by atoms with E-state index in [4.69, 9.17) is 9.15 Å².